The molecule has 172 valence electrons. The molecule has 1 unspecified atom stereocenters. The van der Waals surface area contributed by atoms with E-state index in [4.69, 9.17) is 4.74 Å². The Bertz CT molecular complexity index is 715. The van der Waals surface area contributed by atoms with Crippen molar-refractivity contribution in [2.45, 2.75) is 84.7 Å². The van der Waals surface area contributed by atoms with Crippen LogP contribution >= 0.6 is 0 Å². The minimum absolute atomic E-state index is 0.0775. The summed E-state index contributed by atoms with van der Waals surface area (Å²) >= 11 is 0. The quantitative estimate of drug-likeness (QED) is 0.557. The predicted molar refractivity (Wildman–Crippen MR) is 125 cm³/mol. The van der Waals surface area contributed by atoms with E-state index in [1.165, 1.54) is 5.71 Å². The van der Waals surface area contributed by atoms with E-state index in [0.717, 1.165) is 64.5 Å². The fourth-order valence-corrected chi connectivity index (χ4v) is 5.05. The molecule has 5 nitrogen and oxygen atoms in total. The van der Waals surface area contributed by atoms with Crippen molar-refractivity contribution in [1.82, 2.24) is 4.90 Å². The summed E-state index contributed by atoms with van der Waals surface area (Å²) in [5.74, 6) is 1.31. The summed E-state index contributed by atoms with van der Waals surface area (Å²) in [6.45, 7) is 9.39. The highest BCUT2D eigenvalue weighted by Gasteiger charge is 2.33. The van der Waals surface area contributed by atoms with E-state index in [1.54, 1.807) is 0 Å². The lowest BCUT2D eigenvalue weighted by Crippen LogP contribution is -2.43. The Hall–Kier alpha value is -1.91. The molecule has 1 saturated heterocycles. The van der Waals surface area contributed by atoms with E-state index >= 15 is 0 Å². The van der Waals surface area contributed by atoms with Gasteiger partial charge < -0.3 is 9.64 Å². The maximum atomic E-state index is 13.1. The number of esters is 1. The fraction of sp³-hybridized carbons (Fsp3) is 0.731. The van der Waals surface area contributed by atoms with Gasteiger partial charge in [-0.05, 0) is 84.1 Å². The second kappa shape index (κ2) is 10.6. The van der Waals surface area contributed by atoms with Gasteiger partial charge in [0.1, 0.15) is 5.60 Å². The molecule has 0 aromatic heterocycles. The molecule has 0 radical (unpaired) electrons. The highest BCUT2D eigenvalue weighted by molar-refractivity contribution is 5.97. The maximum absolute atomic E-state index is 13.1. The summed E-state index contributed by atoms with van der Waals surface area (Å²) in [6.07, 6.45) is 16.1. The van der Waals surface area contributed by atoms with Crippen LogP contribution in [0.15, 0.2) is 29.4 Å². The Labute approximate surface area is 188 Å². The lowest BCUT2D eigenvalue weighted by molar-refractivity contribution is -0.160. The van der Waals surface area contributed by atoms with E-state index in [2.05, 4.69) is 28.1 Å². The molecule has 2 heterocycles. The Morgan fingerprint density at radius 2 is 1.77 bits per heavy atom. The topological polar surface area (TPSA) is 59.0 Å². The predicted octanol–water partition coefficient (Wildman–Crippen LogP) is 5.31. The van der Waals surface area contributed by atoms with Crippen LogP contribution in [-0.2, 0) is 14.3 Å². The van der Waals surface area contributed by atoms with Gasteiger partial charge in [0.05, 0.1) is 5.92 Å². The molecule has 2 aliphatic heterocycles. The molecule has 2 fully saturated rings. The zero-order valence-electron chi connectivity index (χ0n) is 19.8. The molecule has 5 heteroatoms. The average Bonchev–Trinajstić information content (AvgIpc) is 3.02. The van der Waals surface area contributed by atoms with E-state index in [0.29, 0.717) is 17.7 Å². The number of amides is 1. The standard InChI is InChI=1S/C26H40N2O3/c1-19(25(30)31-26(2,3)4)18-20-9-11-22(12-10-20)24(29)28-16-13-21(14-17-28)23-8-6-5-7-15-27-23/h6-8,15,19-22H,5,9-14,16-18H2,1-4H3. The zero-order valence-corrected chi connectivity index (χ0v) is 19.8. The number of rotatable bonds is 5. The van der Waals surface area contributed by atoms with Crippen molar-refractivity contribution in [2.75, 3.05) is 13.1 Å². The van der Waals surface area contributed by atoms with Crippen molar-refractivity contribution >= 4 is 17.6 Å². The maximum Gasteiger partial charge on any atom is 0.309 e. The molecule has 0 N–H and O–H groups in total. The van der Waals surface area contributed by atoms with Gasteiger partial charge in [-0.2, -0.15) is 0 Å². The lowest BCUT2D eigenvalue weighted by atomic mass is 9.77. The summed E-state index contributed by atoms with van der Waals surface area (Å²) in [5.41, 5.74) is 0.735. The second-order valence-corrected chi connectivity index (χ2v) is 10.6. The first-order valence-electron chi connectivity index (χ1n) is 12.1. The summed E-state index contributed by atoms with van der Waals surface area (Å²) in [5, 5.41) is 0. The van der Waals surface area contributed by atoms with Gasteiger partial charge in [0.2, 0.25) is 5.91 Å². The van der Waals surface area contributed by atoms with Crippen LogP contribution in [0, 0.1) is 23.7 Å². The molecule has 0 spiro atoms. The second-order valence-electron chi connectivity index (χ2n) is 10.6. The van der Waals surface area contributed by atoms with Crippen LogP contribution in [0.4, 0.5) is 0 Å². The van der Waals surface area contributed by atoms with Gasteiger partial charge in [-0.1, -0.05) is 19.1 Å². The largest absolute Gasteiger partial charge is 0.460 e. The third-order valence-electron chi connectivity index (χ3n) is 6.81. The number of aliphatic imine (C=N–C) groups is 1. The van der Waals surface area contributed by atoms with Gasteiger partial charge in [0.15, 0.2) is 0 Å². The molecule has 1 atom stereocenters. The first kappa shape index (κ1) is 23.7. The number of ether oxygens (including phenoxy) is 1. The summed E-state index contributed by atoms with van der Waals surface area (Å²) in [7, 11) is 0. The van der Waals surface area contributed by atoms with Gasteiger partial charge >= 0.3 is 5.97 Å². The highest BCUT2D eigenvalue weighted by Crippen LogP contribution is 2.35. The van der Waals surface area contributed by atoms with Crippen LogP contribution in [0.2, 0.25) is 0 Å². The summed E-state index contributed by atoms with van der Waals surface area (Å²) < 4.78 is 5.52. The first-order chi connectivity index (χ1) is 14.7. The molecule has 31 heavy (non-hydrogen) atoms. The average molecular weight is 429 g/mol. The Morgan fingerprint density at radius 3 is 2.42 bits per heavy atom. The SMILES string of the molecule is CC(CC1CCC(C(=O)N2CCC(C3=NC=CCC=C3)CC2)CC1)C(=O)OC(C)(C)C. The third-order valence-corrected chi connectivity index (χ3v) is 6.81. The van der Waals surface area contributed by atoms with Crippen molar-refractivity contribution in [3.63, 3.8) is 0 Å². The van der Waals surface area contributed by atoms with E-state index in [9.17, 15) is 9.59 Å². The van der Waals surface area contributed by atoms with Gasteiger partial charge in [-0.25, -0.2) is 0 Å². The number of piperidine rings is 1. The number of hydrogen-bond donors (Lipinski definition) is 0. The van der Waals surface area contributed by atoms with Gasteiger partial charge in [-0.3, -0.25) is 14.6 Å². The van der Waals surface area contributed by atoms with Crippen molar-refractivity contribution in [1.29, 1.82) is 0 Å². The Morgan fingerprint density at radius 1 is 1.10 bits per heavy atom. The van der Waals surface area contributed by atoms with Crippen molar-refractivity contribution in [2.24, 2.45) is 28.7 Å². The Balaban J connectivity index is 1.41. The number of carbonyl (C=O) groups is 2. The molecule has 1 aliphatic carbocycles. The molecule has 0 aromatic carbocycles. The number of hydrogen-bond acceptors (Lipinski definition) is 4. The summed E-state index contributed by atoms with van der Waals surface area (Å²) in [4.78, 5) is 32.0. The Kier molecular flexibility index (Phi) is 8.12. The molecule has 3 aliphatic rings. The minimum atomic E-state index is -0.432. The molecule has 0 bridgehead atoms. The highest BCUT2D eigenvalue weighted by atomic mass is 16.6. The summed E-state index contributed by atoms with van der Waals surface area (Å²) in [6, 6.07) is 0. The van der Waals surface area contributed by atoms with Crippen molar-refractivity contribution in [3.05, 3.63) is 24.4 Å². The molecular formula is C26H40N2O3. The van der Waals surface area contributed by atoms with E-state index in [1.807, 2.05) is 33.9 Å². The van der Waals surface area contributed by atoms with E-state index < -0.39 is 5.60 Å². The monoisotopic (exact) mass is 428 g/mol. The molecule has 0 aromatic rings. The fourth-order valence-electron chi connectivity index (χ4n) is 5.05. The van der Waals surface area contributed by atoms with Crippen LogP contribution < -0.4 is 0 Å². The van der Waals surface area contributed by atoms with Crippen LogP contribution in [-0.4, -0.2) is 41.2 Å². The smallest absolute Gasteiger partial charge is 0.309 e. The normalized spacial score (nSPS) is 26.2. The van der Waals surface area contributed by atoms with Crippen molar-refractivity contribution in [3.8, 4) is 0 Å². The number of allylic oxidation sites excluding steroid dienone is 3. The lowest BCUT2D eigenvalue weighted by Gasteiger charge is -2.36. The first-order valence-corrected chi connectivity index (χ1v) is 12.1. The number of likely N-dealkylation sites (tertiary alicyclic amines) is 1. The molecule has 1 saturated carbocycles. The number of nitrogens with zero attached hydrogens (tertiary/aromatic N) is 2. The molecule has 1 amide bonds. The minimum Gasteiger partial charge on any atom is -0.460 e. The molecule has 3 rings (SSSR count). The van der Waals surface area contributed by atoms with Crippen LogP contribution in [0.25, 0.3) is 0 Å². The number of carbonyl (C=O) groups excluding carboxylic acids is 2. The van der Waals surface area contributed by atoms with E-state index in [-0.39, 0.29) is 17.8 Å². The van der Waals surface area contributed by atoms with Gasteiger partial charge in [0, 0.05) is 36.8 Å². The van der Waals surface area contributed by atoms with Crippen LogP contribution in [0.5, 0.6) is 0 Å². The third kappa shape index (κ3) is 7.05. The zero-order chi connectivity index (χ0) is 22.4. The van der Waals surface area contributed by atoms with Crippen LogP contribution in [0.1, 0.15) is 79.1 Å². The van der Waals surface area contributed by atoms with Gasteiger partial charge in [0.25, 0.3) is 0 Å². The van der Waals surface area contributed by atoms with Crippen molar-refractivity contribution < 1.29 is 14.3 Å². The van der Waals surface area contributed by atoms with Gasteiger partial charge in [-0.15, -0.1) is 0 Å². The molecular weight excluding hydrogens is 388 g/mol. The van der Waals surface area contributed by atoms with Crippen LogP contribution in [0.3, 0.4) is 0 Å².